The maximum Gasteiger partial charge on any atom is 0.141 e. The highest BCUT2D eigenvalue weighted by Gasteiger charge is 2.56. The molecule has 0 aliphatic carbocycles. The SMILES string of the molecule is CC1NCNC2C1CCN2[C@@H]1O[C@H]([C@@H]2OCCC3CC(Cl)SC32)[C@@H](O)[C@H]1O. The Morgan fingerprint density at radius 3 is 2.85 bits per heavy atom. The van der Waals surface area contributed by atoms with Crippen LogP contribution in [0, 0.1) is 11.8 Å². The first-order valence-electron chi connectivity index (χ1n) is 10.2. The summed E-state index contributed by atoms with van der Waals surface area (Å²) in [4.78, 5) is 2.20. The van der Waals surface area contributed by atoms with Crippen LogP contribution < -0.4 is 10.6 Å². The van der Waals surface area contributed by atoms with Crippen molar-refractivity contribution in [2.75, 3.05) is 19.8 Å². The molecule has 4 N–H and O–H groups in total. The molecule has 5 saturated heterocycles. The largest absolute Gasteiger partial charge is 0.387 e. The number of hydrogen-bond donors (Lipinski definition) is 4. The van der Waals surface area contributed by atoms with Crippen molar-refractivity contribution in [1.29, 1.82) is 0 Å². The van der Waals surface area contributed by atoms with Crippen LogP contribution in [0.2, 0.25) is 0 Å². The molecule has 0 radical (unpaired) electrons. The van der Waals surface area contributed by atoms with Gasteiger partial charge < -0.3 is 25.0 Å². The second-order valence-corrected chi connectivity index (χ2v) is 10.8. The highest BCUT2D eigenvalue weighted by molar-refractivity contribution is 8.02. The molecule has 5 aliphatic rings. The van der Waals surface area contributed by atoms with Crippen molar-refractivity contribution in [2.24, 2.45) is 11.8 Å². The zero-order valence-corrected chi connectivity index (χ0v) is 17.1. The van der Waals surface area contributed by atoms with E-state index in [9.17, 15) is 10.2 Å². The van der Waals surface area contributed by atoms with E-state index < -0.39 is 24.5 Å². The van der Waals surface area contributed by atoms with Gasteiger partial charge in [0.15, 0.2) is 0 Å². The number of thioether (sulfide) groups is 1. The summed E-state index contributed by atoms with van der Waals surface area (Å²) in [6, 6.07) is 0.429. The van der Waals surface area contributed by atoms with Gasteiger partial charge in [-0.2, -0.15) is 0 Å². The minimum absolute atomic E-state index is 0.100. The Morgan fingerprint density at radius 1 is 1.15 bits per heavy atom. The van der Waals surface area contributed by atoms with Gasteiger partial charge >= 0.3 is 0 Å². The van der Waals surface area contributed by atoms with Crippen molar-refractivity contribution in [2.45, 2.75) is 79.0 Å². The van der Waals surface area contributed by atoms with E-state index in [4.69, 9.17) is 21.1 Å². The third kappa shape index (κ3) is 3.25. The molecule has 27 heavy (non-hydrogen) atoms. The summed E-state index contributed by atoms with van der Waals surface area (Å²) in [6.07, 6.45) is 0.117. The number of fused-ring (bicyclic) bond motifs is 2. The van der Waals surface area contributed by atoms with Crippen LogP contribution in [0.25, 0.3) is 0 Å². The second-order valence-electron chi connectivity index (χ2n) is 8.61. The molecule has 154 valence electrons. The Kier molecular flexibility index (Phi) is 5.41. The number of aliphatic hydroxyl groups excluding tert-OH is 2. The molecule has 7 nitrogen and oxygen atoms in total. The minimum atomic E-state index is -0.938. The number of rotatable bonds is 2. The van der Waals surface area contributed by atoms with Gasteiger partial charge in [-0.25, -0.2) is 0 Å². The first-order chi connectivity index (χ1) is 13.0. The third-order valence-corrected chi connectivity index (χ3v) is 9.11. The number of ether oxygens (including phenoxy) is 2. The molecule has 5 aliphatic heterocycles. The highest BCUT2D eigenvalue weighted by Crippen LogP contribution is 2.49. The molecule has 5 rings (SSSR count). The van der Waals surface area contributed by atoms with E-state index in [2.05, 4.69) is 22.5 Å². The number of hydrogen-bond acceptors (Lipinski definition) is 8. The number of aliphatic hydroxyl groups is 2. The van der Waals surface area contributed by atoms with E-state index in [0.717, 1.165) is 32.5 Å². The van der Waals surface area contributed by atoms with E-state index in [-0.39, 0.29) is 22.2 Å². The van der Waals surface area contributed by atoms with Gasteiger partial charge in [-0.15, -0.1) is 23.4 Å². The summed E-state index contributed by atoms with van der Waals surface area (Å²) in [5, 5.41) is 28.8. The topological polar surface area (TPSA) is 86.2 Å². The molecule has 11 atom stereocenters. The van der Waals surface area contributed by atoms with Crippen LogP contribution in [0.4, 0.5) is 0 Å². The van der Waals surface area contributed by atoms with Crippen LogP contribution in [0.3, 0.4) is 0 Å². The third-order valence-electron chi connectivity index (χ3n) is 7.17. The monoisotopic (exact) mass is 419 g/mol. The van der Waals surface area contributed by atoms with Gasteiger partial charge in [-0.1, -0.05) is 0 Å². The summed E-state index contributed by atoms with van der Waals surface area (Å²) >= 11 is 8.11. The molecule has 0 aromatic heterocycles. The molecule has 0 bridgehead atoms. The molecule has 0 spiro atoms. The van der Waals surface area contributed by atoms with Crippen molar-refractivity contribution < 1.29 is 19.7 Å². The molecule has 5 heterocycles. The molecular weight excluding hydrogens is 390 g/mol. The first kappa shape index (κ1) is 19.3. The van der Waals surface area contributed by atoms with Crippen LogP contribution in [-0.4, -0.2) is 87.7 Å². The maximum absolute atomic E-state index is 10.8. The highest BCUT2D eigenvalue weighted by atomic mass is 35.5. The zero-order chi connectivity index (χ0) is 18.7. The average molecular weight is 420 g/mol. The van der Waals surface area contributed by atoms with Gasteiger partial charge in [-0.05, 0) is 32.1 Å². The van der Waals surface area contributed by atoms with Gasteiger partial charge in [0.25, 0.3) is 0 Å². The van der Waals surface area contributed by atoms with Crippen LogP contribution in [0.1, 0.15) is 26.2 Å². The fourth-order valence-electron chi connectivity index (χ4n) is 5.69. The number of alkyl halides is 1. The number of nitrogens with one attached hydrogen (secondary N) is 2. The van der Waals surface area contributed by atoms with Crippen molar-refractivity contribution >= 4 is 23.4 Å². The number of likely N-dealkylation sites (tertiary alicyclic amines) is 1. The number of nitrogens with zero attached hydrogens (tertiary/aromatic N) is 1. The summed E-state index contributed by atoms with van der Waals surface area (Å²) in [7, 11) is 0. The van der Waals surface area contributed by atoms with E-state index >= 15 is 0 Å². The minimum Gasteiger partial charge on any atom is -0.387 e. The van der Waals surface area contributed by atoms with Gasteiger partial charge in [-0.3, -0.25) is 10.2 Å². The maximum atomic E-state index is 10.8. The molecule has 6 unspecified atom stereocenters. The molecule has 5 fully saturated rings. The lowest BCUT2D eigenvalue weighted by Crippen LogP contribution is -2.61. The normalized spacial score (nSPS) is 56.2. The Balaban J connectivity index is 1.32. The Hall–Kier alpha value is 0.360. The molecule has 0 saturated carbocycles. The molecule has 0 aromatic carbocycles. The summed E-state index contributed by atoms with van der Waals surface area (Å²) in [5.41, 5.74) is 0. The fourth-order valence-corrected chi connectivity index (χ4v) is 7.84. The lowest BCUT2D eigenvalue weighted by atomic mass is 9.89. The van der Waals surface area contributed by atoms with Crippen molar-refractivity contribution in [3.8, 4) is 0 Å². The van der Waals surface area contributed by atoms with E-state index in [0.29, 0.717) is 24.5 Å². The quantitative estimate of drug-likeness (QED) is 0.469. The van der Waals surface area contributed by atoms with E-state index in [1.807, 2.05) is 0 Å². The van der Waals surface area contributed by atoms with Crippen LogP contribution in [0.15, 0.2) is 0 Å². The molecule has 0 aromatic rings. The van der Waals surface area contributed by atoms with Crippen molar-refractivity contribution in [1.82, 2.24) is 15.5 Å². The molecular formula is C18H30ClN3O4S. The standard InChI is InChI=1S/C18H30ClN3O4S/c1-8-10-2-4-22(17(10)21-7-20-8)18-13(24)12(23)14(26-18)15-16-9(3-5-25-15)6-11(19)27-16/h8-18,20-21,23-24H,2-7H2,1H3/t8?,9?,10?,11?,12-,13+,14-,15-,16?,17?,18+/m0/s1. The van der Waals surface area contributed by atoms with Gasteiger partial charge in [0.2, 0.25) is 0 Å². The van der Waals surface area contributed by atoms with E-state index in [1.54, 1.807) is 11.8 Å². The lowest BCUT2D eigenvalue weighted by molar-refractivity contribution is -0.148. The lowest BCUT2D eigenvalue weighted by Gasteiger charge is -2.40. The first-order valence-corrected chi connectivity index (χ1v) is 11.6. The second kappa shape index (κ2) is 7.56. The predicted octanol–water partition coefficient (Wildman–Crippen LogP) is 0.0954. The molecule has 9 heteroatoms. The van der Waals surface area contributed by atoms with Crippen LogP contribution in [-0.2, 0) is 9.47 Å². The van der Waals surface area contributed by atoms with Gasteiger partial charge in [0.1, 0.15) is 24.5 Å². The van der Waals surface area contributed by atoms with Crippen LogP contribution in [0.5, 0.6) is 0 Å². The van der Waals surface area contributed by atoms with Gasteiger partial charge in [0.05, 0.1) is 17.0 Å². The number of halogens is 1. The molecule has 0 amide bonds. The van der Waals surface area contributed by atoms with Gasteiger partial charge in [0, 0.05) is 37.0 Å². The Bertz CT molecular complexity index is 563. The van der Waals surface area contributed by atoms with E-state index in [1.165, 1.54) is 0 Å². The smallest absolute Gasteiger partial charge is 0.141 e. The van der Waals surface area contributed by atoms with Crippen molar-refractivity contribution in [3.05, 3.63) is 0 Å². The summed E-state index contributed by atoms with van der Waals surface area (Å²) < 4.78 is 12.5. The predicted molar refractivity (Wildman–Crippen MR) is 103 cm³/mol. The Morgan fingerprint density at radius 2 is 2.00 bits per heavy atom. The van der Waals surface area contributed by atoms with Crippen molar-refractivity contribution in [3.63, 3.8) is 0 Å². The Labute approximate surface area is 169 Å². The van der Waals surface area contributed by atoms with Crippen LogP contribution >= 0.6 is 23.4 Å². The zero-order valence-electron chi connectivity index (χ0n) is 15.5. The summed E-state index contributed by atoms with van der Waals surface area (Å²) in [6.45, 7) is 4.48. The average Bonchev–Trinajstić information content (AvgIpc) is 3.32. The fraction of sp³-hybridized carbons (Fsp3) is 1.00. The summed E-state index contributed by atoms with van der Waals surface area (Å²) in [5.74, 6) is 0.981.